The van der Waals surface area contributed by atoms with Crippen LogP contribution >= 0.6 is 0 Å². The number of anilines is 2. The van der Waals surface area contributed by atoms with Crippen molar-refractivity contribution in [3.05, 3.63) is 60.1 Å². The van der Waals surface area contributed by atoms with Gasteiger partial charge in [-0.1, -0.05) is 12.1 Å². The molecular formula is C16H14N6O2. The maximum Gasteiger partial charge on any atom is 0.269 e. The van der Waals surface area contributed by atoms with E-state index in [0.717, 1.165) is 0 Å². The van der Waals surface area contributed by atoms with E-state index in [4.69, 9.17) is 11.0 Å². The molecule has 8 heteroatoms. The zero-order valence-electron chi connectivity index (χ0n) is 12.6. The molecule has 24 heavy (non-hydrogen) atoms. The van der Waals surface area contributed by atoms with Crippen molar-refractivity contribution >= 4 is 23.5 Å². The van der Waals surface area contributed by atoms with Crippen LogP contribution in [0.1, 0.15) is 6.42 Å². The van der Waals surface area contributed by atoms with Gasteiger partial charge in [-0.3, -0.25) is 9.59 Å². The highest BCUT2D eigenvalue weighted by atomic mass is 16.2. The molecule has 0 spiro atoms. The monoisotopic (exact) mass is 322 g/mol. The van der Waals surface area contributed by atoms with Crippen LogP contribution < -0.4 is 16.4 Å². The van der Waals surface area contributed by atoms with E-state index in [2.05, 4.69) is 20.6 Å². The minimum atomic E-state index is -0.723. The van der Waals surface area contributed by atoms with Crippen molar-refractivity contribution in [2.45, 2.75) is 6.42 Å². The number of nitrogens with two attached hydrogens (primary N) is 1. The van der Waals surface area contributed by atoms with Gasteiger partial charge >= 0.3 is 0 Å². The van der Waals surface area contributed by atoms with Gasteiger partial charge in [0.25, 0.3) is 5.91 Å². The van der Waals surface area contributed by atoms with Crippen molar-refractivity contribution < 1.29 is 9.59 Å². The fourth-order valence-corrected chi connectivity index (χ4v) is 1.77. The Balaban J connectivity index is 2.05. The van der Waals surface area contributed by atoms with E-state index in [9.17, 15) is 9.59 Å². The molecule has 4 N–H and O–H groups in total. The number of aromatic nitrogens is 2. The van der Waals surface area contributed by atoms with Gasteiger partial charge in [0.05, 0.1) is 6.42 Å². The van der Waals surface area contributed by atoms with Crippen molar-refractivity contribution in [2.75, 3.05) is 10.6 Å². The molecule has 0 fully saturated rings. The lowest BCUT2D eigenvalue weighted by Crippen LogP contribution is -2.22. The maximum absolute atomic E-state index is 12.1. The molecule has 0 aliphatic rings. The summed E-state index contributed by atoms with van der Waals surface area (Å²) in [5, 5.41) is 14.1. The topological polar surface area (TPSA) is 134 Å². The predicted octanol–water partition coefficient (Wildman–Crippen LogP) is 1.18. The Morgan fingerprint density at radius 2 is 1.62 bits per heavy atom. The average Bonchev–Trinajstić information content (AvgIpc) is 2.57. The van der Waals surface area contributed by atoms with Crippen molar-refractivity contribution in [3.8, 4) is 6.07 Å². The molecule has 2 aromatic rings. The SMILES string of the molecule is N#CC(C(=O)Nc1ccccn1)=C(N)CC(=O)Nc1ccccn1. The summed E-state index contributed by atoms with van der Waals surface area (Å²) in [4.78, 5) is 31.8. The Hall–Kier alpha value is -3.73. The third kappa shape index (κ3) is 4.64. The molecule has 2 heterocycles. The molecule has 2 rings (SSSR count). The minimum Gasteiger partial charge on any atom is -0.400 e. The summed E-state index contributed by atoms with van der Waals surface area (Å²) in [7, 11) is 0. The third-order valence-corrected chi connectivity index (χ3v) is 2.85. The van der Waals surface area contributed by atoms with Crippen LogP contribution in [0.2, 0.25) is 0 Å². The van der Waals surface area contributed by atoms with Crippen LogP contribution in [0, 0.1) is 11.3 Å². The summed E-state index contributed by atoms with van der Waals surface area (Å²) in [5.41, 5.74) is 5.26. The Kier molecular flexibility index (Phi) is 5.58. The summed E-state index contributed by atoms with van der Waals surface area (Å²) in [6.07, 6.45) is 2.71. The largest absolute Gasteiger partial charge is 0.400 e. The van der Waals surface area contributed by atoms with Gasteiger partial charge in [-0.2, -0.15) is 5.26 Å². The van der Waals surface area contributed by atoms with Crippen LogP contribution in [-0.4, -0.2) is 21.8 Å². The lowest BCUT2D eigenvalue weighted by molar-refractivity contribution is -0.115. The van der Waals surface area contributed by atoms with E-state index >= 15 is 0 Å². The maximum atomic E-state index is 12.1. The fourth-order valence-electron chi connectivity index (χ4n) is 1.77. The molecule has 0 saturated carbocycles. The fraction of sp³-hybridized carbons (Fsp3) is 0.0625. The number of nitriles is 1. The van der Waals surface area contributed by atoms with Crippen molar-refractivity contribution in [3.63, 3.8) is 0 Å². The van der Waals surface area contributed by atoms with Crippen molar-refractivity contribution in [1.82, 2.24) is 9.97 Å². The zero-order chi connectivity index (χ0) is 17.4. The van der Waals surface area contributed by atoms with Crippen molar-refractivity contribution in [1.29, 1.82) is 5.26 Å². The summed E-state index contributed by atoms with van der Waals surface area (Å²) < 4.78 is 0. The Bertz CT molecular complexity index is 796. The molecule has 2 amide bonds. The molecule has 0 aromatic carbocycles. The predicted molar refractivity (Wildman–Crippen MR) is 87.2 cm³/mol. The van der Waals surface area contributed by atoms with Gasteiger partial charge in [0, 0.05) is 18.1 Å². The molecule has 0 aliphatic carbocycles. The number of nitrogens with zero attached hydrogens (tertiary/aromatic N) is 3. The van der Waals surface area contributed by atoms with E-state index in [1.807, 2.05) is 0 Å². The highest BCUT2D eigenvalue weighted by Gasteiger charge is 2.16. The van der Waals surface area contributed by atoms with E-state index < -0.39 is 11.8 Å². The molecule has 120 valence electrons. The minimum absolute atomic E-state index is 0.139. The highest BCUT2D eigenvalue weighted by Crippen LogP contribution is 2.09. The first kappa shape index (κ1) is 16.6. The number of carbonyl (C=O) groups excluding carboxylic acids is 2. The standard InChI is InChI=1S/C16H14N6O2/c17-10-11(16(24)22-14-6-2-4-8-20-14)12(18)9-15(23)21-13-5-1-3-7-19-13/h1-8H,9,18H2,(H,19,21,23)(H,20,22,24). The molecule has 8 nitrogen and oxygen atoms in total. The summed E-state index contributed by atoms with van der Waals surface area (Å²) in [5.74, 6) is -0.573. The first-order valence-corrected chi connectivity index (χ1v) is 6.92. The molecule has 0 unspecified atom stereocenters. The lowest BCUT2D eigenvalue weighted by Gasteiger charge is -2.07. The van der Waals surface area contributed by atoms with Gasteiger partial charge in [-0.15, -0.1) is 0 Å². The average molecular weight is 322 g/mol. The van der Waals surface area contributed by atoms with E-state index in [1.54, 1.807) is 42.5 Å². The quantitative estimate of drug-likeness (QED) is 0.559. The molecule has 0 saturated heterocycles. The summed E-state index contributed by atoms with van der Waals surface area (Å²) in [6, 6.07) is 11.7. The molecular weight excluding hydrogens is 308 g/mol. The Morgan fingerprint density at radius 1 is 1.04 bits per heavy atom. The van der Waals surface area contributed by atoms with Crippen LogP contribution in [-0.2, 0) is 9.59 Å². The number of pyridine rings is 2. The summed E-state index contributed by atoms with van der Waals surface area (Å²) >= 11 is 0. The van der Waals surface area contributed by atoms with Crippen molar-refractivity contribution in [2.24, 2.45) is 5.73 Å². The Morgan fingerprint density at radius 3 is 2.12 bits per heavy atom. The number of amides is 2. The number of carbonyl (C=O) groups is 2. The van der Waals surface area contributed by atoms with Gasteiger partial charge in [-0.25, -0.2) is 9.97 Å². The molecule has 0 radical (unpaired) electrons. The van der Waals surface area contributed by atoms with Crippen LogP contribution in [0.4, 0.5) is 11.6 Å². The molecule has 2 aromatic heterocycles. The second-order valence-electron chi connectivity index (χ2n) is 4.62. The van der Waals surface area contributed by atoms with Crippen LogP contribution in [0.5, 0.6) is 0 Å². The summed E-state index contributed by atoms with van der Waals surface area (Å²) in [6.45, 7) is 0. The van der Waals surface area contributed by atoms with Gasteiger partial charge in [0.15, 0.2) is 0 Å². The first-order chi connectivity index (χ1) is 11.6. The van der Waals surface area contributed by atoms with Gasteiger partial charge < -0.3 is 16.4 Å². The van der Waals surface area contributed by atoms with Crippen LogP contribution in [0.3, 0.4) is 0 Å². The zero-order valence-corrected chi connectivity index (χ0v) is 12.6. The van der Waals surface area contributed by atoms with E-state index in [-0.39, 0.29) is 23.5 Å². The number of nitrogens with one attached hydrogen (secondary N) is 2. The van der Waals surface area contributed by atoms with Gasteiger partial charge in [0.2, 0.25) is 5.91 Å². The van der Waals surface area contributed by atoms with Crippen LogP contribution in [0.15, 0.2) is 60.1 Å². The third-order valence-electron chi connectivity index (χ3n) is 2.85. The van der Waals surface area contributed by atoms with E-state index in [0.29, 0.717) is 5.82 Å². The lowest BCUT2D eigenvalue weighted by atomic mass is 10.1. The highest BCUT2D eigenvalue weighted by molar-refractivity contribution is 6.07. The van der Waals surface area contributed by atoms with Gasteiger partial charge in [0.1, 0.15) is 23.3 Å². The Labute approximate surface area is 138 Å². The second kappa shape index (κ2) is 8.05. The molecule has 0 bridgehead atoms. The number of rotatable bonds is 5. The normalized spacial score (nSPS) is 11.0. The number of hydrogen-bond donors (Lipinski definition) is 3. The first-order valence-electron chi connectivity index (χ1n) is 6.92. The van der Waals surface area contributed by atoms with Gasteiger partial charge in [-0.05, 0) is 24.3 Å². The molecule has 0 atom stereocenters. The number of hydrogen-bond acceptors (Lipinski definition) is 6. The van der Waals surface area contributed by atoms with Crippen LogP contribution in [0.25, 0.3) is 0 Å². The molecule has 0 aliphatic heterocycles. The smallest absolute Gasteiger partial charge is 0.269 e. The van der Waals surface area contributed by atoms with E-state index in [1.165, 1.54) is 12.4 Å². The second-order valence-corrected chi connectivity index (χ2v) is 4.62.